The van der Waals surface area contributed by atoms with Crippen LogP contribution in [0.25, 0.3) is 0 Å². The van der Waals surface area contributed by atoms with Crippen molar-refractivity contribution in [1.82, 2.24) is 14.7 Å². The van der Waals surface area contributed by atoms with E-state index in [2.05, 4.69) is 4.90 Å². The lowest BCUT2D eigenvalue weighted by atomic mass is 9.82. The highest BCUT2D eigenvalue weighted by Crippen LogP contribution is 2.39. The summed E-state index contributed by atoms with van der Waals surface area (Å²) in [5.74, 6) is 0.743. The molecule has 1 unspecified atom stereocenters. The van der Waals surface area contributed by atoms with Gasteiger partial charge in [0.15, 0.2) is 0 Å². The molecule has 4 rings (SSSR count). The standard InChI is InChI=1S/C15H23N3O3/c1-11(19)16-6-13-7-21-5-4-18(13)15(8-16)9-17(10-15)14(20)12-2-3-12/h12-13H,2-10H2,1H3. The van der Waals surface area contributed by atoms with Gasteiger partial charge in [-0.3, -0.25) is 14.5 Å². The smallest absolute Gasteiger partial charge is 0.225 e. The fraction of sp³-hybridized carbons (Fsp3) is 0.867. The summed E-state index contributed by atoms with van der Waals surface area (Å²) in [5, 5.41) is 0. The third kappa shape index (κ3) is 2.16. The highest BCUT2D eigenvalue weighted by molar-refractivity contribution is 5.82. The Morgan fingerprint density at radius 2 is 1.86 bits per heavy atom. The Morgan fingerprint density at radius 3 is 2.52 bits per heavy atom. The van der Waals surface area contributed by atoms with Gasteiger partial charge in [0, 0.05) is 45.6 Å². The van der Waals surface area contributed by atoms with Gasteiger partial charge < -0.3 is 14.5 Å². The molecule has 2 amide bonds. The summed E-state index contributed by atoms with van der Waals surface area (Å²) in [4.78, 5) is 30.5. The number of nitrogens with zero attached hydrogens (tertiary/aromatic N) is 3. The number of carbonyl (C=O) groups is 2. The molecule has 4 aliphatic rings. The third-order valence-corrected chi connectivity index (χ3v) is 5.41. The number of hydrogen-bond acceptors (Lipinski definition) is 4. The van der Waals surface area contributed by atoms with Crippen LogP contribution in [0.5, 0.6) is 0 Å². The van der Waals surface area contributed by atoms with E-state index in [0.717, 1.165) is 52.2 Å². The molecule has 0 radical (unpaired) electrons. The first-order chi connectivity index (χ1) is 10.1. The number of likely N-dealkylation sites (tertiary alicyclic amines) is 1. The van der Waals surface area contributed by atoms with Crippen LogP contribution in [-0.2, 0) is 14.3 Å². The Hall–Kier alpha value is -1.14. The average Bonchev–Trinajstić information content (AvgIpc) is 3.27. The van der Waals surface area contributed by atoms with Crippen LogP contribution in [0, 0.1) is 5.92 Å². The lowest BCUT2D eigenvalue weighted by Gasteiger charge is -2.63. The maximum Gasteiger partial charge on any atom is 0.225 e. The second-order valence-electron chi connectivity index (χ2n) is 7.01. The molecule has 0 aromatic heterocycles. The van der Waals surface area contributed by atoms with Crippen molar-refractivity contribution in [3.63, 3.8) is 0 Å². The molecular formula is C15H23N3O3. The van der Waals surface area contributed by atoms with E-state index in [0.29, 0.717) is 12.5 Å². The number of rotatable bonds is 1. The Morgan fingerprint density at radius 1 is 1.14 bits per heavy atom. The van der Waals surface area contributed by atoms with Crippen LogP contribution in [0.4, 0.5) is 0 Å². The molecule has 3 heterocycles. The molecule has 0 aromatic rings. The van der Waals surface area contributed by atoms with Gasteiger partial charge in [-0.1, -0.05) is 0 Å². The molecule has 3 saturated heterocycles. The Labute approximate surface area is 125 Å². The van der Waals surface area contributed by atoms with Crippen LogP contribution < -0.4 is 0 Å². The molecule has 0 aromatic carbocycles. The van der Waals surface area contributed by atoms with Crippen LogP contribution in [0.15, 0.2) is 0 Å². The first-order valence-electron chi connectivity index (χ1n) is 7.98. The molecule has 6 nitrogen and oxygen atoms in total. The van der Waals surface area contributed by atoms with Crippen molar-refractivity contribution in [3.05, 3.63) is 0 Å². The lowest BCUT2D eigenvalue weighted by molar-refractivity contribution is -0.181. The number of carbonyl (C=O) groups excluding carboxylic acids is 2. The molecule has 0 N–H and O–H groups in total. The number of piperazine rings is 1. The van der Waals surface area contributed by atoms with E-state index >= 15 is 0 Å². The molecule has 1 atom stereocenters. The van der Waals surface area contributed by atoms with Gasteiger partial charge >= 0.3 is 0 Å². The van der Waals surface area contributed by atoms with Crippen molar-refractivity contribution in [2.24, 2.45) is 5.92 Å². The molecule has 1 aliphatic carbocycles. The van der Waals surface area contributed by atoms with E-state index in [9.17, 15) is 9.59 Å². The van der Waals surface area contributed by atoms with Gasteiger partial charge in [-0.2, -0.15) is 0 Å². The second kappa shape index (κ2) is 4.68. The molecule has 4 fully saturated rings. The Kier molecular flexibility index (Phi) is 3.01. The average molecular weight is 293 g/mol. The fourth-order valence-electron chi connectivity index (χ4n) is 4.13. The number of morpholine rings is 1. The van der Waals surface area contributed by atoms with Crippen molar-refractivity contribution in [1.29, 1.82) is 0 Å². The van der Waals surface area contributed by atoms with Crippen LogP contribution in [-0.4, -0.2) is 84.0 Å². The summed E-state index contributed by atoms with van der Waals surface area (Å²) in [7, 11) is 0. The summed E-state index contributed by atoms with van der Waals surface area (Å²) in [6.07, 6.45) is 2.12. The van der Waals surface area contributed by atoms with Crippen LogP contribution in [0.1, 0.15) is 19.8 Å². The highest BCUT2D eigenvalue weighted by atomic mass is 16.5. The zero-order valence-corrected chi connectivity index (χ0v) is 12.6. The number of ether oxygens (including phenoxy) is 1. The van der Waals surface area contributed by atoms with Crippen LogP contribution >= 0.6 is 0 Å². The van der Waals surface area contributed by atoms with Crippen molar-refractivity contribution in [2.45, 2.75) is 31.3 Å². The van der Waals surface area contributed by atoms with Gasteiger partial charge in [0.2, 0.25) is 11.8 Å². The van der Waals surface area contributed by atoms with Gasteiger partial charge in [-0.15, -0.1) is 0 Å². The molecule has 1 saturated carbocycles. The van der Waals surface area contributed by atoms with Gasteiger partial charge in [0.05, 0.1) is 24.8 Å². The Balaban J connectivity index is 1.51. The van der Waals surface area contributed by atoms with Gasteiger partial charge in [-0.05, 0) is 12.8 Å². The summed E-state index contributed by atoms with van der Waals surface area (Å²) in [5.41, 5.74) is -0.0249. The van der Waals surface area contributed by atoms with E-state index < -0.39 is 0 Å². The Bertz CT molecular complexity index is 471. The predicted molar refractivity (Wildman–Crippen MR) is 75.6 cm³/mol. The quantitative estimate of drug-likeness (QED) is 0.656. The van der Waals surface area contributed by atoms with E-state index in [1.807, 2.05) is 9.80 Å². The summed E-state index contributed by atoms with van der Waals surface area (Å²) >= 11 is 0. The summed E-state index contributed by atoms with van der Waals surface area (Å²) in [6.45, 7) is 7.09. The molecule has 6 heteroatoms. The predicted octanol–water partition coefficient (Wildman–Crippen LogP) is -0.460. The molecule has 3 aliphatic heterocycles. The van der Waals surface area contributed by atoms with Gasteiger partial charge in [0.25, 0.3) is 0 Å². The highest BCUT2D eigenvalue weighted by Gasteiger charge is 2.56. The summed E-state index contributed by atoms with van der Waals surface area (Å²) < 4.78 is 5.59. The molecule has 116 valence electrons. The normalized spacial score (nSPS) is 31.8. The zero-order valence-electron chi connectivity index (χ0n) is 12.6. The summed E-state index contributed by atoms with van der Waals surface area (Å²) in [6, 6.07) is 0.287. The molecule has 0 bridgehead atoms. The minimum Gasteiger partial charge on any atom is -0.378 e. The SMILES string of the molecule is CC(=O)N1CC2COCCN2C2(C1)CN(C(=O)C1CC1)C2. The van der Waals surface area contributed by atoms with Gasteiger partial charge in [-0.25, -0.2) is 0 Å². The van der Waals surface area contributed by atoms with Crippen molar-refractivity contribution in [2.75, 3.05) is 45.9 Å². The van der Waals surface area contributed by atoms with E-state index in [1.165, 1.54) is 0 Å². The van der Waals surface area contributed by atoms with Crippen LogP contribution in [0.2, 0.25) is 0 Å². The second-order valence-corrected chi connectivity index (χ2v) is 7.01. The maximum absolute atomic E-state index is 12.2. The minimum atomic E-state index is -0.0249. The van der Waals surface area contributed by atoms with Crippen LogP contribution in [0.3, 0.4) is 0 Å². The van der Waals surface area contributed by atoms with E-state index in [4.69, 9.17) is 4.74 Å². The van der Waals surface area contributed by atoms with Crippen molar-refractivity contribution in [3.8, 4) is 0 Å². The monoisotopic (exact) mass is 293 g/mol. The number of fused-ring (bicyclic) bond motifs is 2. The van der Waals surface area contributed by atoms with Crippen molar-refractivity contribution < 1.29 is 14.3 Å². The minimum absolute atomic E-state index is 0.0249. The molecule has 21 heavy (non-hydrogen) atoms. The first kappa shape index (κ1) is 13.5. The number of hydrogen-bond donors (Lipinski definition) is 0. The topological polar surface area (TPSA) is 53.1 Å². The van der Waals surface area contributed by atoms with E-state index in [1.54, 1.807) is 6.92 Å². The third-order valence-electron chi connectivity index (χ3n) is 5.41. The largest absolute Gasteiger partial charge is 0.378 e. The lowest BCUT2D eigenvalue weighted by Crippen LogP contribution is -2.81. The van der Waals surface area contributed by atoms with Crippen molar-refractivity contribution >= 4 is 11.8 Å². The van der Waals surface area contributed by atoms with Gasteiger partial charge in [0.1, 0.15) is 0 Å². The first-order valence-corrected chi connectivity index (χ1v) is 7.98. The molecule has 1 spiro atoms. The number of amides is 2. The molecular weight excluding hydrogens is 270 g/mol. The zero-order chi connectivity index (χ0) is 14.6. The maximum atomic E-state index is 12.2. The fourth-order valence-corrected chi connectivity index (χ4v) is 4.13. The van der Waals surface area contributed by atoms with E-state index in [-0.39, 0.29) is 23.4 Å².